The van der Waals surface area contributed by atoms with E-state index in [1.165, 1.54) is 10.4 Å². The first-order chi connectivity index (χ1) is 8.74. The molecule has 0 spiro atoms. The number of thiophene rings is 1. The molecule has 0 amide bonds. The topological polar surface area (TPSA) is 0 Å². The van der Waals surface area contributed by atoms with E-state index in [9.17, 15) is 0 Å². The highest BCUT2D eigenvalue weighted by molar-refractivity contribution is 7.10. The second-order valence-corrected chi connectivity index (χ2v) is 6.19. The standard InChI is InChI=1S/C16H19ClS/c1-3-12(2)15(13-8-5-4-6-9-13)16(17)14-10-7-11-18-14/h4-12,15-16H,3H2,1-2H3. The molecule has 96 valence electrons. The van der Waals surface area contributed by atoms with Crippen LogP contribution in [0.5, 0.6) is 0 Å². The molecule has 2 heteroatoms. The van der Waals surface area contributed by atoms with Crippen molar-refractivity contribution in [2.75, 3.05) is 0 Å². The Kier molecular flexibility index (Phi) is 4.85. The van der Waals surface area contributed by atoms with Crippen LogP contribution < -0.4 is 0 Å². The molecule has 0 nitrogen and oxygen atoms in total. The molecule has 1 aromatic heterocycles. The molecule has 0 saturated heterocycles. The zero-order chi connectivity index (χ0) is 13.0. The lowest BCUT2D eigenvalue weighted by atomic mass is 9.82. The summed E-state index contributed by atoms with van der Waals surface area (Å²) in [4.78, 5) is 1.27. The van der Waals surface area contributed by atoms with Crippen molar-refractivity contribution in [3.05, 3.63) is 58.3 Å². The summed E-state index contributed by atoms with van der Waals surface area (Å²) in [7, 11) is 0. The highest BCUT2D eigenvalue weighted by Crippen LogP contribution is 2.43. The van der Waals surface area contributed by atoms with E-state index in [0.717, 1.165) is 6.42 Å². The van der Waals surface area contributed by atoms with Crippen LogP contribution in [0.2, 0.25) is 0 Å². The van der Waals surface area contributed by atoms with Crippen molar-refractivity contribution in [2.45, 2.75) is 31.6 Å². The third kappa shape index (κ3) is 2.96. The van der Waals surface area contributed by atoms with Gasteiger partial charge in [0.25, 0.3) is 0 Å². The van der Waals surface area contributed by atoms with Crippen molar-refractivity contribution < 1.29 is 0 Å². The van der Waals surface area contributed by atoms with Crippen LogP contribution >= 0.6 is 22.9 Å². The molecule has 1 heterocycles. The maximum absolute atomic E-state index is 6.73. The first-order valence-corrected chi connectivity index (χ1v) is 7.78. The van der Waals surface area contributed by atoms with E-state index in [4.69, 9.17) is 11.6 Å². The molecule has 18 heavy (non-hydrogen) atoms. The van der Waals surface area contributed by atoms with Crippen LogP contribution in [-0.2, 0) is 0 Å². The number of rotatable bonds is 5. The Hall–Kier alpha value is -0.790. The summed E-state index contributed by atoms with van der Waals surface area (Å²) < 4.78 is 0. The fraction of sp³-hybridized carbons (Fsp3) is 0.375. The van der Waals surface area contributed by atoms with E-state index in [-0.39, 0.29) is 5.38 Å². The molecule has 2 rings (SSSR count). The van der Waals surface area contributed by atoms with Crippen molar-refractivity contribution in [3.63, 3.8) is 0 Å². The Morgan fingerprint density at radius 3 is 2.39 bits per heavy atom. The van der Waals surface area contributed by atoms with Crippen molar-refractivity contribution in [2.24, 2.45) is 5.92 Å². The zero-order valence-corrected chi connectivity index (χ0v) is 12.4. The monoisotopic (exact) mass is 278 g/mol. The quantitative estimate of drug-likeness (QED) is 0.601. The first kappa shape index (κ1) is 13.6. The number of hydrogen-bond acceptors (Lipinski definition) is 1. The van der Waals surface area contributed by atoms with E-state index in [0.29, 0.717) is 11.8 Å². The minimum atomic E-state index is 0.0716. The van der Waals surface area contributed by atoms with Gasteiger partial charge in [0.1, 0.15) is 0 Å². The van der Waals surface area contributed by atoms with Crippen LogP contribution in [0.4, 0.5) is 0 Å². The summed E-state index contributed by atoms with van der Waals surface area (Å²) in [6, 6.07) is 14.9. The Balaban J connectivity index is 2.31. The van der Waals surface area contributed by atoms with Crippen molar-refractivity contribution in [1.82, 2.24) is 0 Å². The highest BCUT2D eigenvalue weighted by Gasteiger charge is 2.27. The van der Waals surface area contributed by atoms with Gasteiger partial charge in [-0.25, -0.2) is 0 Å². The van der Waals surface area contributed by atoms with Gasteiger partial charge >= 0.3 is 0 Å². The highest BCUT2D eigenvalue weighted by atomic mass is 35.5. The number of benzene rings is 1. The summed E-state index contributed by atoms with van der Waals surface area (Å²) in [6.07, 6.45) is 1.15. The summed E-state index contributed by atoms with van der Waals surface area (Å²) in [5, 5.41) is 2.17. The SMILES string of the molecule is CCC(C)C(c1ccccc1)C(Cl)c1cccs1. The predicted molar refractivity (Wildman–Crippen MR) is 81.6 cm³/mol. The van der Waals surface area contributed by atoms with Gasteiger partial charge in [0.15, 0.2) is 0 Å². The van der Waals surface area contributed by atoms with Crippen molar-refractivity contribution in [1.29, 1.82) is 0 Å². The Labute approximate surface area is 119 Å². The Bertz CT molecular complexity index is 449. The normalized spacial score (nSPS) is 16.2. The first-order valence-electron chi connectivity index (χ1n) is 6.46. The third-order valence-corrected chi connectivity index (χ3v) is 5.16. The smallest absolute Gasteiger partial charge is 0.0749 e. The fourth-order valence-electron chi connectivity index (χ4n) is 2.34. The van der Waals surface area contributed by atoms with Gasteiger partial charge in [-0.05, 0) is 22.9 Å². The minimum absolute atomic E-state index is 0.0716. The van der Waals surface area contributed by atoms with Gasteiger partial charge in [0.2, 0.25) is 0 Å². The van der Waals surface area contributed by atoms with E-state index >= 15 is 0 Å². The summed E-state index contributed by atoms with van der Waals surface area (Å²) in [5.41, 5.74) is 1.35. The van der Waals surface area contributed by atoms with Gasteiger partial charge < -0.3 is 0 Å². The molecule has 0 aliphatic heterocycles. The maximum atomic E-state index is 6.73. The van der Waals surface area contributed by atoms with E-state index in [2.05, 4.69) is 61.7 Å². The molecule has 3 unspecified atom stereocenters. The minimum Gasteiger partial charge on any atom is -0.147 e. The van der Waals surface area contributed by atoms with Gasteiger partial charge in [-0.3, -0.25) is 0 Å². The second kappa shape index (κ2) is 6.40. The van der Waals surface area contributed by atoms with Gasteiger partial charge in [-0.1, -0.05) is 56.7 Å². The molecule has 3 atom stereocenters. The number of halogens is 1. The average Bonchev–Trinajstić information content (AvgIpc) is 2.94. The van der Waals surface area contributed by atoms with E-state index in [1.807, 2.05) is 0 Å². The molecule has 0 aliphatic carbocycles. The van der Waals surface area contributed by atoms with Crippen LogP contribution in [0.1, 0.15) is 42.0 Å². The molecule has 2 aromatic rings. The zero-order valence-electron chi connectivity index (χ0n) is 10.8. The summed E-state index contributed by atoms with van der Waals surface area (Å²) >= 11 is 8.48. The summed E-state index contributed by atoms with van der Waals surface area (Å²) in [5.74, 6) is 0.966. The van der Waals surface area contributed by atoms with Crippen molar-refractivity contribution >= 4 is 22.9 Å². The lowest BCUT2D eigenvalue weighted by Gasteiger charge is -2.27. The van der Waals surface area contributed by atoms with Crippen LogP contribution in [0.3, 0.4) is 0 Å². The van der Waals surface area contributed by atoms with Gasteiger partial charge in [0.05, 0.1) is 5.38 Å². The van der Waals surface area contributed by atoms with Crippen LogP contribution in [-0.4, -0.2) is 0 Å². The average molecular weight is 279 g/mol. The lowest BCUT2D eigenvalue weighted by Crippen LogP contribution is -2.14. The largest absolute Gasteiger partial charge is 0.147 e. The van der Waals surface area contributed by atoms with Crippen molar-refractivity contribution in [3.8, 4) is 0 Å². The van der Waals surface area contributed by atoms with Crippen LogP contribution in [0.15, 0.2) is 47.8 Å². The molecule has 0 fully saturated rings. The Morgan fingerprint density at radius 2 is 1.83 bits per heavy atom. The molecule has 1 aromatic carbocycles. The molecule has 0 bridgehead atoms. The number of alkyl halides is 1. The van der Waals surface area contributed by atoms with E-state index < -0.39 is 0 Å². The molecule has 0 radical (unpaired) electrons. The molecule has 0 aliphatic rings. The Morgan fingerprint density at radius 1 is 1.11 bits per heavy atom. The van der Waals surface area contributed by atoms with Crippen LogP contribution in [0, 0.1) is 5.92 Å². The predicted octanol–water partition coefficient (Wildman–Crippen LogP) is 5.86. The summed E-state index contributed by atoms with van der Waals surface area (Å²) in [6.45, 7) is 4.53. The van der Waals surface area contributed by atoms with Gasteiger partial charge in [-0.2, -0.15) is 0 Å². The molecular formula is C16H19ClS. The molecule has 0 saturated carbocycles. The van der Waals surface area contributed by atoms with Gasteiger partial charge in [0, 0.05) is 10.8 Å². The number of hydrogen-bond donors (Lipinski definition) is 0. The van der Waals surface area contributed by atoms with Gasteiger partial charge in [-0.15, -0.1) is 22.9 Å². The van der Waals surface area contributed by atoms with E-state index in [1.54, 1.807) is 11.3 Å². The van der Waals surface area contributed by atoms with Crippen LogP contribution in [0.25, 0.3) is 0 Å². The second-order valence-electron chi connectivity index (χ2n) is 4.74. The molecular weight excluding hydrogens is 260 g/mol. The molecule has 0 N–H and O–H groups in total. The maximum Gasteiger partial charge on any atom is 0.0749 e. The third-order valence-electron chi connectivity index (χ3n) is 3.57. The lowest BCUT2D eigenvalue weighted by molar-refractivity contribution is 0.436. The fourth-order valence-corrected chi connectivity index (χ4v) is 3.71.